The van der Waals surface area contributed by atoms with E-state index in [1.165, 1.54) is 32.1 Å². The van der Waals surface area contributed by atoms with Gasteiger partial charge in [-0.3, -0.25) is 4.79 Å². The Balaban J connectivity index is 2.06. The summed E-state index contributed by atoms with van der Waals surface area (Å²) in [7, 11) is 3.19. The Morgan fingerprint density at radius 2 is 1.81 bits per heavy atom. The second-order valence-electron chi connectivity index (χ2n) is 5.65. The summed E-state index contributed by atoms with van der Waals surface area (Å²) in [5.41, 5.74) is 0.619. The first-order valence-corrected chi connectivity index (χ1v) is 8.39. The molecule has 1 aliphatic carbocycles. The molecule has 0 bridgehead atoms. The number of ether oxygens (including phenoxy) is 2. The highest BCUT2D eigenvalue weighted by molar-refractivity contribution is 9.10. The maximum atomic E-state index is 12.5. The summed E-state index contributed by atoms with van der Waals surface area (Å²) in [6.45, 7) is 0. The second kappa shape index (κ2) is 7.83. The summed E-state index contributed by atoms with van der Waals surface area (Å²) in [5, 5.41) is 0. The van der Waals surface area contributed by atoms with E-state index < -0.39 is 0 Å². The zero-order valence-corrected chi connectivity index (χ0v) is 14.4. The van der Waals surface area contributed by atoms with Crippen LogP contribution in [0, 0.1) is 5.92 Å². The fourth-order valence-electron chi connectivity index (χ4n) is 3.02. The highest BCUT2D eigenvalue weighted by Gasteiger charge is 2.19. The van der Waals surface area contributed by atoms with Gasteiger partial charge < -0.3 is 9.47 Å². The second-order valence-corrected chi connectivity index (χ2v) is 6.51. The van der Waals surface area contributed by atoms with Crippen LogP contribution in [0.25, 0.3) is 0 Å². The van der Waals surface area contributed by atoms with Gasteiger partial charge in [-0.1, -0.05) is 32.1 Å². The number of halogens is 1. The van der Waals surface area contributed by atoms with Crippen molar-refractivity contribution in [1.82, 2.24) is 0 Å². The molecule has 1 fully saturated rings. The molecule has 1 aromatic rings. The number of rotatable bonds is 6. The van der Waals surface area contributed by atoms with Crippen LogP contribution in [0.2, 0.25) is 0 Å². The molecular formula is C17H23BrO3. The first-order chi connectivity index (χ1) is 10.2. The maximum Gasteiger partial charge on any atom is 0.166 e. The predicted molar refractivity (Wildman–Crippen MR) is 87.4 cm³/mol. The van der Waals surface area contributed by atoms with Crippen molar-refractivity contribution in [2.75, 3.05) is 14.2 Å². The van der Waals surface area contributed by atoms with E-state index in [-0.39, 0.29) is 5.78 Å². The van der Waals surface area contributed by atoms with Crippen molar-refractivity contribution in [3.63, 3.8) is 0 Å². The van der Waals surface area contributed by atoms with Gasteiger partial charge >= 0.3 is 0 Å². The first kappa shape index (κ1) is 16.3. The lowest BCUT2D eigenvalue weighted by molar-refractivity contribution is 0.0967. The van der Waals surface area contributed by atoms with Gasteiger partial charge in [0.25, 0.3) is 0 Å². The van der Waals surface area contributed by atoms with Crippen molar-refractivity contribution < 1.29 is 14.3 Å². The molecule has 0 spiro atoms. The first-order valence-electron chi connectivity index (χ1n) is 7.60. The van der Waals surface area contributed by atoms with E-state index in [4.69, 9.17) is 9.47 Å². The summed E-state index contributed by atoms with van der Waals surface area (Å²) in [6.07, 6.45) is 8.10. The van der Waals surface area contributed by atoms with Gasteiger partial charge in [0.05, 0.1) is 24.3 Å². The van der Waals surface area contributed by atoms with Gasteiger partial charge in [-0.05, 0) is 40.4 Å². The number of methoxy groups -OCH3 is 2. The van der Waals surface area contributed by atoms with Crippen molar-refractivity contribution >= 4 is 21.7 Å². The Morgan fingerprint density at radius 3 is 2.43 bits per heavy atom. The van der Waals surface area contributed by atoms with Crippen molar-refractivity contribution in [3.05, 3.63) is 22.2 Å². The SMILES string of the molecule is COc1cc(C(=O)CCC2CCCCC2)c(OC)cc1Br. The number of Topliss-reactive ketones (excluding diaryl/α,β-unsaturated/α-hetero) is 1. The summed E-state index contributed by atoms with van der Waals surface area (Å²) in [4.78, 5) is 12.5. The number of hydrogen-bond donors (Lipinski definition) is 0. The molecule has 0 saturated heterocycles. The molecule has 1 aliphatic rings. The highest BCUT2D eigenvalue weighted by atomic mass is 79.9. The molecule has 4 heteroatoms. The standard InChI is InChI=1S/C17H23BrO3/c1-20-16-11-14(18)17(21-2)10-13(16)15(19)9-8-12-6-4-3-5-7-12/h10-12H,3-9H2,1-2H3. The molecule has 3 nitrogen and oxygen atoms in total. The van der Waals surface area contributed by atoms with Crippen LogP contribution in [0.5, 0.6) is 11.5 Å². The zero-order chi connectivity index (χ0) is 15.2. The fourth-order valence-corrected chi connectivity index (χ4v) is 3.51. The summed E-state index contributed by atoms with van der Waals surface area (Å²) in [5.74, 6) is 2.13. The van der Waals surface area contributed by atoms with E-state index in [1.807, 2.05) is 0 Å². The molecule has 116 valence electrons. The maximum absolute atomic E-state index is 12.5. The van der Waals surface area contributed by atoms with E-state index in [2.05, 4.69) is 15.9 Å². The minimum Gasteiger partial charge on any atom is -0.496 e. The van der Waals surface area contributed by atoms with Crippen molar-refractivity contribution in [2.24, 2.45) is 5.92 Å². The molecule has 1 aromatic carbocycles. The minimum absolute atomic E-state index is 0.142. The molecule has 0 radical (unpaired) electrons. The molecule has 0 amide bonds. The van der Waals surface area contributed by atoms with Gasteiger partial charge in [0, 0.05) is 6.42 Å². The van der Waals surface area contributed by atoms with Gasteiger partial charge in [0.2, 0.25) is 0 Å². The third-order valence-corrected chi connectivity index (χ3v) is 4.90. The van der Waals surface area contributed by atoms with E-state index in [1.54, 1.807) is 26.4 Å². The lowest BCUT2D eigenvalue weighted by Crippen LogP contribution is -2.10. The van der Waals surface area contributed by atoms with E-state index in [0.29, 0.717) is 29.4 Å². The van der Waals surface area contributed by atoms with Crippen LogP contribution in [0.15, 0.2) is 16.6 Å². The Hall–Kier alpha value is -1.03. The molecule has 1 saturated carbocycles. The van der Waals surface area contributed by atoms with Crippen molar-refractivity contribution in [3.8, 4) is 11.5 Å². The van der Waals surface area contributed by atoms with E-state index in [9.17, 15) is 4.79 Å². The third kappa shape index (κ3) is 4.22. The average Bonchev–Trinajstić information content (AvgIpc) is 2.53. The van der Waals surface area contributed by atoms with E-state index in [0.717, 1.165) is 10.9 Å². The molecule has 0 aromatic heterocycles. The molecule has 0 heterocycles. The van der Waals surface area contributed by atoms with Crippen LogP contribution in [-0.2, 0) is 0 Å². The monoisotopic (exact) mass is 354 g/mol. The van der Waals surface area contributed by atoms with E-state index >= 15 is 0 Å². The molecular weight excluding hydrogens is 332 g/mol. The van der Waals surface area contributed by atoms with Gasteiger partial charge in [-0.15, -0.1) is 0 Å². The summed E-state index contributed by atoms with van der Waals surface area (Å²) in [6, 6.07) is 3.57. The quantitative estimate of drug-likeness (QED) is 0.673. The Bertz CT molecular complexity index is 493. The number of carbonyl (C=O) groups is 1. The Kier molecular flexibility index (Phi) is 6.09. The number of hydrogen-bond acceptors (Lipinski definition) is 3. The topological polar surface area (TPSA) is 35.5 Å². The van der Waals surface area contributed by atoms with Gasteiger partial charge in [0.15, 0.2) is 5.78 Å². The molecule has 0 N–H and O–H groups in total. The normalized spacial score (nSPS) is 15.8. The van der Waals surface area contributed by atoms with Crippen LogP contribution in [0.3, 0.4) is 0 Å². The molecule has 0 aliphatic heterocycles. The van der Waals surface area contributed by atoms with Crippen LogP contribution in [0.1, 0.15) is 55.3 Å². The predicted octanol–water partition coefficient (Wildman–Crippen LogP) is 5.01. The van der Waals surface area contributed by atoms with Crippen LogP contribution < -0.4 is 9.47 Å². The fraction of sp³-hybridized carbons (Fsp3) is 0.588. The van der Waals surface area contributed by atoms with Crippen molar-refractivity contribution in [1.29, 1.82) is 0 Å². The summed E-state index contributed by atoms with van der Waals surface area (Å²) >= 11 is 3.42. The number of ketones is 1. The van der Waals surface area contributed by atoms with Gasteiger partial charge in [-0.25, -0.2) is 0 Å². The molecule has 21 heavy (non-hydrogen) atoms. The average molecular weight is 355 g/mol. The molecule has 0 atom stereocenters. The zero-order valence-electron chi connectivity index (χ0n) is 12.8. The summed E-state index contributed by atoms with van der Waals surface area (Å²) < 4.78 is 11.4. The van der Waals surface area contributed by atoms with Crippen LogP contribution >= 0.6 is 15.9 Å². The van der Waals surface area contributed by atoms with Gasteiger partial charge in [0.1, 0.15) is 11.5 Å². The largest absolute Gasteiger partial charge is 0.496 e. The number of benzene rings is 1. The van der Waals surface area contributed by atoms with Gasteiger partial charge in [-0.2, -0.15) is 0 Å². The highest BCUT2D eigenvalue weighted by Crippen LogP contribution is 2.34. The van der Waals surface area contributed by atoms with Crippen LogP contribution in [-0.4, -0.2) is 20.0 Å². The number of carbonyl (C=O) groups excluding carboxylic acids is 1. The molecule has 0 unspecified atom stereocenters. The smallest absolute Gasteiger partial charge is 0.166 e. The van der Waals surface area contributed by atoms with Crippen molar-refractivity contribution in [2.45, 2.75) is 44.9 Å². The molecule has 2 rings (SSSR count). The lowest BCUT2D eigenvalue weighted by atomic mass is 9.85. The third-order valence-electron chi connectivity index (χ3n) is 4.28. The Labute approximate surface area is 135 Å². The minimum atomic E-state index is 0.142. The Morgan fingerprint density at radius 1 is 1.14 bits per heavy atom. The lowest BCUT2D eigenvalue weighted by Gasteiger charge is -2.21. The van der Waals surface area contributed by atoms with Crippen LogP contribution in [0.4, 0.5) is 0 Å².